The van der Waals surface area contributed by atoms with Crippen LogP contribution >= 0.6 is 0 Å². The Kier molecular flexibility index (Phi) is 4.30. The zero-order valence-corrected chi connectivity index (χ0v) is 9.97. The monoisotopic (exact) mass is 236 g/mol. The van der Waals surface area contributed by atoms with Crippen molar-refractivity contribution < 1.29 is 5.11 Å². The van der Waals surface area contributed by atoms with Crippen molar-refractivity contribution in [3.8, 4) is 0 Å². The molecule has 0 amide bonds. The van der Waals surface area contributed by atoms with Gasteiger partial charge in [-0.2, -0.15) is 0 Å². The Labute approximate surface area is 102 Å². The van der Waals surface area contributed by atoms with E-state index in [1.54, 1.807) is 6.20 Å². The molecule has 0 atom stereocenters. The lowest BCUT2D eigenvalue weighted by Gasteiger charge is -2.37. The van der Waals surface area contributed by atoms with Crippen molar-refractivity contribution in [3.05, 3.63) is 24.0 Å². The summed E-state index contributed by atoms with van der Waals surface area (Å²) in [5.41, 5.74) is 4.48. The molecule has 5 heteroatoms. The van der Waals surface area contributed by atoms with Crippen molar-refractivity contribution in [1.29, 1.82) is 0 Å². The number of hydrogen-bond acceptors (Lipinski definition) is 5. The number of nitrogens with zero attached hydrogens (tertiary/aromatic N) is 2. The minimum absolute atomic E-state index is 0.200. The van der Waals surface area contributed by atoms with Crippen molar-refractivity contribution in [3.63, 3.8) is 0 Å². The molecular formula is C12H20N4O. The molecule has 17 heavy (non-hydrogen) atoms. The Morgan fingerprint density at radius 3 is 2.94 bits per heavy atom. The van der Waals surface area contributed by atoms with E-state index < -0.39 is 0 Å². The van der Waals surface area contributed by atoms with E-state index in [1.165, 1.54) is 19.3 Å². The topological polar surface area (TPSA) is 74.4 Å². The van der Waals surface area contributed by atoms with Gasteiger partial charge in [0.25, 0.3) is 0 Å². The van der Waals surface area contributed by atoms with Crippen molar-refractivity contribution in [2.45, 2.75) is 31.8 Å². The number of aliphatic hydroxyl groups excluding tert-OH is 1. The first kappa shape index (κ1) is 12.3. The van der Waals surface area contributed by atoms with E-state index in [9.17, 15) is 0 Å². The second-order valence-corrected chi connectivity index (χ2v) is 4.46. The standard InChI is InChI=1S/C12H20N4O/c13-15-10-4-5-14-11(8-10)9-16(6-7-17)12-2-1-3-12/h4-5,8,12,17H,1-3,6-7,9,13H2,(H,14,15). The number of nitrogens with two attached hydrogens (primary N) is 1. The minimum Gasteiger partial charge on any atom is -0.395 e. The van der Waals surface area contributed by atoms with Gasteiger partial charge in [0, 0.05) is 25.3 Å². The van der Waals surface area contributed by atoms with E-state index >= 15 is 0 Å². The summed E-state index contributed by atoms with van der Waals surface area (Å²) in [6, 6.07) is 4.39. The number of anilines is 1. The smallest absolute Gasteiger partial charge is 0.0565 e. The Balaban J connectivity index is 2.00. The highest BCUT2D eigenvalue weighted by atomic mass is 16.3. The molecular weight excluding hydrogens is 216 g/mol. The van der Waals surface area contributed by atoms with Gasteiger partial charge in [-0.25, -0.2) is 0 Å². The van der Waals surface area contributed by atoms with Gasteiger partial charge in [0.2, 0.25) is 0 Å². The average Bonchev–Trinajstić information content (AvgIpc) is 2.27. The second kappa shape index (κ2) is 5.95. The molecule has 1 aromatic rings. The van der Waals surface area contributed by atoms with Crippen LogP contribution in [0.15, 0.2) is 18.3 Å². The largest absolute Gasteiger partial charge is 0.395 e. The summed E-state index contributed by atoms with van der Waals surface area (Å²) in [6.45, 7) is 1.69. The molecule has 1 aliphatic rings. The Morgan fingerprint density at radius 1 is 1.53 bits per heavy atom. The molecule has 0 radical (unpaired) electrons. The van der Waals surface area contributed by atoms with Crippen LogP contribution in [0.5, 0.6) is 0 Å². The van der Waals surface area contributed by atoms with Crippen LogP contribution in [-0.4, -0.2) is 34.2 Å². The van der Waals surface area contributed by atoms with Gasteiger partial charge in [0.15, 0.2) is 0 Å². The fourth-order valence-electron chi connectivity index (χ4n) is 2.13. The van der Waals surface area contributed by atoms with Crippen molar-refractivity contribution in [2.24, 2.45) is 5.84 Å². The molecule has 5 nitrogen and oxygen atoms in total. The molecule has 0 aromatic carbocycles. The third-order valence-electron chi connectivity index (χ3n) is 3.33. The number of rotatable bonds is 6. The summed E-state index contributed by atoms with van der Waals surface area (Å²) >= 11 is 0. The summed E-state index contributed by atoms with van der Waals surface area (Å²) < 4.78 is 0. The predicted molar refractivity (Wildman–Crippen MR) is 67.2 cm³/mol. The maximum absolute atomic E-state index is 9.09. The van der Waals surface area contributed by atoms with Gasteiger partial charge in [-0.05, 0) is 25.0 Å². The van der Waals surface area contributed by atoms with Gasteiger partial charge < -0.3 is 10.5 Å². The number of aromatic nitrogens is 1. The second-order valence-electron chi connectivity index (χ2n) is 4.46. The summed E-state index contributed by atoms with van der Waals surface area (Å²) in [5.74, 6) is 5.37. The quantitative estimate of drug-likeness (QED) is 0.501. The lowest BCUT2D eigenvalue weighted by atomic mass is 9.91. The number of nitrogens with one attached hydrogen (secondary N) is 1. The van der Waals surface area contributed by atoms with Gasteiger partial charge in [-0.15, -0.1) is 0 Å². The summed E-state index contributed by atoms with van der Waals surface area (Å²) in [7, 11) is 0. The Bertz CT molecular complexity index is 354. The maximum Gasteiger partial charge on any atom is 0.0565 e. The molecule has 0 bridgehead atoms. The number of hydrogen-bond donors (Lipinski definition) is 3. The van der Waals surface area contributed by atoms with Crippen molar-refractivity contribution >= 4 is 5.69 Å². The van der Waals surface area contributed by atoms with Crippen LogP contribution in [0.4, 0.5) is 5.69 Å². The fraction of sp³-hybridized carbons (Fsp3) is 0.583. The van der Waals surface area contributed by atoms with Crippen LogP contribution in [0.25, 0.3) is 0 Å². The molecule has 0 unspecified atom stereocenters. The highest BCUT2D eigenvalue weighted by Crippen LogP contribution is 2.25. The Hall–Kier alpha value is -1.17. The van der Waals surface area contributed by atoms with Gasteiger partial charge in [-0.1, -0.05) is 6.42 Å². The SMILES string of the molecule is NNc1ccnc(CN(CCO)C2CCC2)c1. The normalized spacial score (nSPS) is 15.9. The number of pyridine rings is 1. The third kappa shape index (κ3) is 3.15. The first-order valence-electron chi connectivity index (χ1n) is 6.10. The molecule has 1 aromatic heterocycles. The van der Waals surface area contributed by atoms with Crippen LogP contribution in [0.3, 0.4) is 0 Å². The molecule has 0 spiro atoms. The van der Waals surface area contributed by atoms with Crippen LogP contribution in [0.2, 0.25) is 0 Å². The molecule has 1 saturated carbocycles. The van der Waals surface area contributed by atoms with Gasteiger partial charge in [0.1, 0.15) is 0 Å². The molecule has 2 rings (SSSR count). The highest BCUT2D eigenvalue weighted by molar-refractivity contribution is 5.41. The van der Waals surface area contributed by atoms with E-state index in [-0.39, 0.29) is 6.61 Å². The molecule has 94 valence electrons. The predicted octanol–water partition coefficient (Wildman–Crippen LogP) is 0.714. The van der Waals surface area contributed by atoms with E-state index in [0.29, 0.717) is 12.6 Å². The summed E-state index contributed by atoms with van der Waals surface area (Å²) in [6.07, 6.45) is 5.51. The average molecular weight is 236 g/mol. The van der Waals surface area contributed by atoms with Crippen LogP contribution in [-0.2, 0) is 6.54 Å². The first-order valence-corrected chi connectivity index (χ1v) is 6.10. The van der Waals surface area contributed by atoms with Crippen molar-refractivity contribution in [2.75, 3.05) is 18.6 Å². The number of aliphatic hydroxyl groups is 1. The maximum atomic E-state index is 9.09. The van der Waals surface area contributed by atoms with Gasteiger partial charge in [-0.3, -0.25) is 15.7 Å². The number of nitrogen functional groups attached to an aromatic ring is 1. The highest BCUT2D eigenvalue weighted by Gasteiger charge is 2.24. The lowest BCUT2D eigenvalue weighted by Crippen LogP contribution is -2.41. The number of hydrazine groups is 1. The lowest BCUT2D eigenvalue weighted by molar-refractivity contribution is 0.0934. The van der Waals surface area contributed by atoms with E-state index in [0.717, 1.165) is 17.9 Å². The molecule has 1 aliphatic carbocycles. The Morgan fingerprint density at radius 2 is 2.35 bits per heavy atom. The van der Waals surface area contributed by atoms with Gasteiger partial charge in [0.05, 0.1) is 18.0 Å². The third-order valence-corrected chi connectivity index (χ3v) is 3.33. The molecule has 0 saturated heterocycles. The zero-order valence-electron chi connectivity index (χ0n) is 9.97. The fourth-order valence-corrected chi connectivity index (χ4v) is 2.13. The van der Waals surface area contributed by atoms with E-state index in [1.807, 2.05) is 12.1 Å². The summed E-state index contributed by atoms with van der Waals surface area (Å²) in [4.78, 5) is 6.63. The zero-order chi connectivity index (χ0) is 12.1. The summed E-state index contributed by atoms with van der Waals surface area (Å²) in [5, 5.41) is 9.09. The minimum atomic E-state index is 0.200. The van der Waals surface area contributed by atoms with Crippen LogP contribution in [0, 0.1) is 0 Å². The molecule has 0 aliphatic heterocycles. The van der Waals surface area contributed by atoms with Crippen LogP contribution in [0.1, 0.15) is 25.0 Å². The van der Waals surface area contributed by atoms with E-state index in [4.69, 9.17) is 10.9 Å². The van der Waals surface area contributed by atoms with Crippen LogP contribution < -0.4 is 11.3 Å². The first-order chi connectivity index (χ1) is 8.33. The van der Waals surface area contributed by atoms with Gasteiger partial charge >= 0.3 is 0 Å². The molecule has 1 heterocycles. The molecule has 1 fully saturated rings. The van der Waals surface area contributed by atoms with E-state index in [2.05, 4.69) is 15.3 Å². The van der Waals surface area contributed by atoms with Crippen molar-refractivity contribution in [1.82, 2.24) is 9.88 Å². The molecule has 4 N–H and O–H groups in total.